The van der Waals surface area contributed by atoms with Crippen molar-refractivity contribution in [3.8, 4) is 0 Å². The molecule has 0 aliphatic heterocycles. The monoisotopic (exact) mass is 362 g/mol. The molecule has 2 aromatic rings. The van der Waals surface area contributed by atoms with E-state index in [-0.39, 0.29) is 17.0 Å². The molecule has 110 valence electrons. The summed E-state index contributed by atoms with van der Waals surface area (Å²) in [5.74, 6) is 0. The molecule has 21 heavy (non-hydrogen) atoms. The van der Waals surface area contributed by atoms with Gasteiger partial charge in [0.05, 0.1) is 24.9 Å². The van der Waals surface area contributed by atoms with E-state index < -0.39 is 0 Å². The quantitative estimate of drug-likeness (QED) is 0.442. The first kappa shape index (κ1) is 17.7. The van der Waals surface area contributed by atoms with Crippen molar-refractivity contribution in [2.75, 3.05) is 14.1 Å². The first-order chi connectivity index (χ1) is 9.59. The van der Waals surface area contributed by atoms with Crippen LogP contribution in [0.15, 0.2) is 59.6 Å². The Labute approximate surface area is 142 Å². The third-order valence-electron chi connectivity index (χ3n) is 3.18. The molecule has 2 aromatic carbocycles. The van der Waals surface area contributed by atoms with Gasteiger partial charge in [0, 0.05) is 11.1 Å². The fraction of sp³-hybridized carbons (Fsp3) is 0.235. The molecule has 0 heterocycles. The summed E-state index contributed by atoms with van der Waals surface area (Å²) in [6.45, 7) is 2.00. The van der Waals surface area contributed by atoms with Gasteiger partial charge in [-0.3, -0.25) is 0 Å². The van der Waals surface area contributed by atoms with E-state index in [0.29, 0.717) is 0 Å². The van der Waals surface area contributed by atoms with Gasteiger partial charge < -0.3 is 21.5 Å². The van der Waals surface area contributed by atoms with Crippen LogP contribution in [0, 0.1) is 0 Å². The lowest BCUT2D eigenvalue weighted by Gasteiger charge is -2.30. The van der Waals surface area contributed by atoms with Gasteiger partial charge in [-0.15, -0.1) is 0 Å². The highest BCUT2D eigenvalue weighted by molar-refractivity contribution is 7.78. The number of thiocarbonyl (C=S) groups is 1. The van der Waals surface area contributed by atoms with Crippen molar-refractivity contribution in [3.05, 3.63) is 65.7 Å². The molecule has 2 rings (SSSR count). The first-order valence-electron chi connectivity index (χ1n) is 6.62. The second-order valence-corrected chi connectivity index (χ2v) is 5.79. The topological polar surface area (TPSA) is 12.4 Å². The Balaban J connectivity index is 0.00000220. The van der Waals surface area contributed by atoms with E-state index in [4.69, 9.17) is 0 Å². The van der Waals surface area contributed by atoms with Crippen LogP contribution in [0.2, 0.25) is 0 Å². The molecule has 0 spiro atoms. The number of aliphatic imine (C=N–C) groups is 1. The molecular formula is C17H19BrN2S. The van der Waals surface area contributed by atoms with Crippen LogP contribution in [0.1, 0.15) is 11.1 Å². The average molecular weight is 363 g/mol. The number of halogens is 1. The average Bonchev–Trinajstić information content (AvgIpc) is 2.41. The third kappa shape index (κ3) is 5.90. The molecular weight excluding hydrogens is 344 g/mol. The van der Waals surface area contributed by atoms with E-state index in [1.165, 1.54) is 11.1 Å². The molecule has 0 saturated carbocycles. The molecule has 0 N–H and O–H groups in total. The summed E-state index contributed by atoms with van der Waals surface area (Å²) in [7, 11) is 4.49. The van der Waals surface area contributed by atoms with Crippen LogP contribution in [0.3, 0.4) is 0 Å². The zero-order valence-corrected chi connectivity index (χ0v) is 14.7. The normalized spacial score (nSPS) is 10.4. The molecule has 0 bridgehead atoms. The summed E-state index contributed by atoms with van der Waals surface area (Å²) in [5, 5.41) is 2.39. The third-order valence-corrected chi connectivity index (χ3v) is 3.27. The summed E-state index contributed by atoms with van der Waals surface area (Å²) in [5.41, 5.74) is 3.52. The zero-order chi connectivity index (χ0) is 14.4. The smallest absolute Gasteiger partial charge is 0.104 e. The van der Waals surface area contributed by atoms with Gasteiger partial charge in [-0.2, -0.15) is 4.99 Å². The van der Waals surface area contributed by atoms with Crippen LogP contribution in [0.4, 0.5) is 5.69 Å². The highest BCUT2D eigenvalue weighted by atomic mass is 79.9. The van der Waals surface area contributed by atoms with Gasteiger partial charge in [-0.05, 0) is 24.4 Å². The molecule has 0 atom stereocenters. The summed E-state index contributed by atoms with van der Waals surface area (Å²) < 4.78 is 0.916. The Hall–Kier alpha value is -1.32. The molecule has 0 saturated heterocycles. The van der Waals surface area contributed by atoms with Gasteiger partial charge in [0.2, 0.25) is 0 Å². The van der Waals surface area contributed by atoms with Crippen LogP contribution in [0.5, 0.6) is 0 Å². The van der Waals surface area contributed by atoms with Crippen molar-refractivity contribution in [2.45, 2.75) is 13.1 Å². The number of benzene rings is 2. The van der Waals surface area contributed by atoms with Gasteiger partial charge in [-0.1, -0.05) is 42.5 Å². The molecule has 0 aliphatic rings. The van der Waals surface area contributed by atoms with Gasteiger partial charge in [-0.25, -0.2) is 0 Å². The summed E-state index contributed by atoms with van der Waals surface area (Å²) in [6.07, 6.45) is 0. The Morgan fingerprint density at radius 3 is 1.95 bits per heavy atom. The second kappa shape index (κ2) is 8.20. The van der Waals surface area contributed by atoms with Crippen molar-refractivity contribution in [1.82, 2.24) is 0 Å². The Morgan fingerprint density at radius 1 is 0.905 bits per heavy atom. The fourth-order valence-electron chi connectivity index (χ4n) is 2.36. The van der Waals surface area contributed by atoms with Crippen molar-refractivity contribution >= 4 is 23.1 Å². The highest BCUT2D eigenvalue weighted by Crippen LogP contribution is 2.17. The fourth-order valence-corrected chi connectivity index (χ4v) is 2.46. The maximum Gasteiger partial charge on any atom is 0.104 e. The minimum absolute atomic E-state index is 0. The summed E-state index contributed by atoms with van der Waals surface area (Å²) in [6, 6.07) is 18.8. The molecule has 0 unspecified atom stereocenters. The molecule has 0 amide bonds. The lowest BCUT2D eigenvalue weighted by molar-refractivity contribution is -0.916. The van der Waals surface area contributed by atoms with Gasteiger partial charge in [0.15, 0.2) is 0 Å². The predicted octanol–water partition coefficient (Wildman–Crippen LogP) is 1.20. The predicted molar refractivity (Wildman–Crippen MR) is 87.1 cm³/mol. The van der Waals surface area contributed by atoms with Gasteiger partial charge in [0.25, 0.3) is 0 Å². The van der Waals surface area contributed by atoms with E-state index in [9.17, 15) is 0 Å². The summed E-state index contributed by atoms with van der Waals surface area (Å²) in [4.78, 5) is 3.97. The standard InChI is InChI=1S/C17H19N2S.BrH/c1-19(2,12-15-6-4-3-5-7-15)13-16-8-10-17(11-9-16)18-14-20;/h3-11H,12-13H2,1-2H3;1H/q+1;/p-1. The van der Waals surface area contributed by atoms with Crippen LogP contribution < -0.4 is 17.0 Å². The lowest BCUT2D eigenvalue weighted by Crippen LogP contribution is -3.00. The van der Waals surface area contributed by atoms with Crippen LogP contribution in [-0.4, -0.2) is 23.7 Å². The Kier molecular flexibility index (Phi) is 6.93. The van der Waals surface area contributed by atoms with Crippen molar-refractivity contribution < 1.29 is 21.5 Å². The lowest BCUT2D eigenvalue weighted by atomic mass is 10.1. The van der Waals surface area contributed by atoms with E-state index in [2.05, 4.69) is 78.9 Å². The van der Waals surface area contributed by atoms with Crippen LogP contribution in [-0.2, 0) is 13.1 Å². The number of hydrogen-bond acceptors (Lipinski definition) is 2. The van der Waals surface area contributed by atoms with E-state index >= 15 is 0 Å². The first-order valence-corrected chi connectivity index (χ1v) is 7.03. The minimum atomic E-state index is 0. The van der Waals surface area contributed by atoms with Crippen LogP contribution in [0.25, 0.3) is 0 Å². The van der Waals surface area contributed by atoms with Crippen molar-refractivity contribution in [2.24, 2.45) is 4.99 Å². The molecule has 0 radical (unpaired) electrons. The zero-order valence-electron chi connectivity index (χ0n) is 12.3. The maximum atomic E-state index is 4.61. The van der Waals surface area contributed by atoms with Gasteiger partial charge >= 0.3 is 0 Å². The maximum absolute atomic E-state index is 4.61. The Bertz CT molecular complexity index is 602. The SMILES string of the molecule is C[N+](C)(Cc1ccccc1)Cc1ccc(N=C=S)cc1.[Br-]. The van der Waals surface area contributed by atoms with Gasteiger partial charge in [0.1, 0.15) is 13.1 Å². The molecule has 2 nitrogen and oxygen atoms in total. The largest absolute Gasteiger partial charge is 1.00 e. The molecule has 0 aromatic heterocycles. The number of hydrogen-bond donors (Lipinski definition) is 0. The Morgan fingerprint density at radius 2 is 1.43 bits per heavy atom. The second-order valence-electron chi connectivity index (χ2n) is 5.61. The number of quaternary nitrogens is 1. The number of isothiocyanates is 1. The minimum Gasteiger partial charge on any atom is -1.00 e. The molecule has 0 aliphatic carbocycles. The van der Waals surface area contributed by atoms with E-state index in [0.717, 1.165) is 23.3 Å². The number of nitrogens with zero attached hydrogens (tertiary/aromatic N) is 2. The highest BCUT2D eigenvalue weighted by Gasteiger charge is 2.16. The molecule has 0 fully saturated rings. The van der Waals surface area contributed by atoms with Crippen molar-refractivity contribution in [1.29, 1.82) is 0 Å². The van der Waals surface area contributed by atoms with Crippen LogP contribution >= 0.6 is 12.2 Å². The van der Waals surface area contributed by atoms with E-state index in [1.807, 2.05) is 12.1 Å². The summed E-state index contributed by atoms with van der Waals surface area (Å²) >= 11 is 4.61. The molecule has 4 heteroatoms. The number of rotatable bonds is 5. The van der Waals surface area contributed by atoms with E-state index in [1.54, 1.807) is 0 Å². The van der Waals surface area contributed by atoms with Crippen molar-refractivity contribution in [3.63, 3.8) is 0 Å².